The van der Waals surface area contributed by atoms with Crippen LogP contribution >= 0.6 is 0 Å². The lowest BCUT2D eigenvalue weighted by Gasteiger charge is -2.31. The van der Waals surface area contributed by atoms with E-state index in [1.807, 2.05) is 54.6 Å². The highest BCUT2D eigenvalue weighted by molar-refractivity contribution is 5.93. The van der Waals surface area contributed by atoms with Gasteiger partial charge in [-0.1, -0.05) is 42.5 Å². The van der Waals surface area contributed by atoms with Crippen molar-refractivity contribution in [3.8, 4) is 11.3 Å². The van der Waals surface area contributed by atoms with Crippen LogP contribution in [0.25, 0.3) is 33.3 Å². The van der Waals surface area contributed by atoms with Crippen LogP contribution in [0.1, 0.15) is 54.2 Å². The molecule has 5 aromatic rings. The van der Waals surface area contributed by atoms with Crippen LogP contribution in [-0.2, 0) is 16.1 Å². The molecule has 1 saturated heterocycles. The summed E-state index contributed by atoms with van der Waals surface area (Å²) in [4.78, 5) is 55.0. The highest BCUT2D eigenvalue weighted by Gasteiger charge is 2.26. The Morgan fingerprint density at radius 1 is 0.929 bits per heavy atom. The monoisotopic (exact) mass is 565 g/mol. The third-order valence-electron chi connectivity index (χ3n) is 7.70. The minimum absolute atomic E-state index is 0.0206. The number of nitrogens with one attached hydrogen (secondary N) is 1. The molecule has 0 aliphatic carbocycles. The predicted molar refractivity (Wildman–Crippen MR) is 158 cm³/mol. The minimum Gasteiger partial charge on any atom is -0.481 e. The molecule has 3 aromatic carbocycles. The van der Waals surface area contributed by atoms with Crippen LogP contribution in [0.2, 0.25) is 0 Å². The molecule has 3 heterocycles. The number of nitrogens with zero attached hydrogens (tertiary/aromatic N) is 4. The van der Waals surface area contributed by atoms with E-state index in [-0.39, 0.29) is 18.2 Å². The van der Waals surface area contributed by atoms with Gasteiger partial charge < -0.3 is 14.9 Å². The first-order chi connectivity index (χ1) is 20.5. The normalized spacial score (nSPS) is 14.4. The van der Waals surface area contributed by atoms with Crippen molar-refractivity contribution in [2.75, 3.05) is 13.1 Å². The standard InChI is InChI=1S/C32H31N5O5/c38-29(39)13-7-5-11-26-30(21-8-2-1-3-9-21)34-24-15-14-22(20-27(24)33-26)31(40)42-36-18-16-23(17-19-36)37-28-12-6-4-10-25(28)35-32(37)41/h1-4,6,8-10,12,14-15,20,23H,5,7,11,13,16-19H2,(H,35,41)(H,38,39). The summed E-state index contributed by atoms with van der Waals surface area (Å²) in [6, 6.07) is 22.6. The number of benzene rings is 3. The van der Waals surface area contributed by atoms with Crippen molar-refractivity contribution in [1.29, 1.82) is 0 Å². The zero-order valence-electron chi connectivity index (χ0n) is 23.0. The number of aromatic nitrogens is 4. The van der Waals surface area contributed by atoms with Crippen LogP contribution in [0.4, 0.5) is 0 Å². The van der Waals surface area contributed by atoms with Crippen LogP contribution in [0.15, 0.2) is 77.6 Å². The summed E-state index contributed by atoms with van der Waals surface area (Å²) in [6.45, 7) is 1.02. The van der Waals surface area contributed by atoms with Crippen molar-refractivity contribution in [3.63, 3.8) is 0 Å². The molecular formula is C32H31N5O5. The summed E-state index contributed by atoms with van der Waals surface area (Å²) in [6.07, 6.45) is 3.23. The zero-order chi connectivity index (χ0) is 29.1. The van der Waals surface area contributed by atoms with Gasteiger partial charge in [-0.15, -0.1) is 5.06 Å². The molecule has 42 heavy (non-hydrogen) atoms. The number of H-pyrrole nitrogens is 1. The average molecular weight is 566 g/mol. The highest BCUT2D eigenvalue weighted by atomic mass is 16.7. The van der Waals surface area contributed by atoms with E-state index in [0.29, 0.717) is 61.8 Å². The van der Waals surface area contributed by atoms with Crippen LogP contribution in [0, 0.1) is 0 Å². The molecule has 0 spiro atoms. The van der Waals surface area contributed by atoms with Crippen LogP contribution < -0.4 is 5.69 Å². The molecule has 2 N–H and O–H groups in total. The third-order valence-corrected chi connectivity index (χ3v) is 7.70. The first kappa shape index (κ1) is 27.3. The average Bonchev–Trinajstić information content (AvgIpc) is 3.35. The SMILES string of the molecule is O=C(O)CCCCc1nc2cc(C(=O)ON3CCC(n4c(=O)[nH]c5ccccc54)CC3)ccc2nc1-c1ccccc1. The van der Waals surface area contributed by atoms with E-state index >= 15 is 0 Å². The number of fused-ring (bicyclic) bond motifs is 2. The Morgan fingerprint density at radius 3 is 2.48 bits per heavy atom. The Kier molecular flexibility index (Phi) is 7.78. The molecule has 1 fully saturated rings. The number of aryl methyl sites for hydroxylation is 1. The van der Waals surface area contributed by atoms with Crippen molar-refractivity contribution < 1.29 is 19.5 Å². The van der Waals surface area contributed by atoms with Gasteiger partial charge >= 0.3 is 17.6 Å². The second-order valence-corrected chi connectivity index (χ2v) is 10.5. The number of imidazole rings is 1. The van der Waals surface area contributed by atoms with Crippen LogP contribution in [0.3, 0.4) is 0 Å². The third kappa shape index (κ3) is 5.80. The number of carboxylic acids is 1. The number of unbranched alkanes of at least 4 members (excludes halogenated alkanes) is 1. The largest absolute Gasteiger partial charge is 0.481 e. The molecule has 0 bridgehead atoms. The van der Waals surface area contributed by atoms with Crippen molar-refractivity contribution in [1.82, 2.24) is 24.6 Å². The summed E-state index contributed by atoms with van der Waals surface area (Å²) in [5.74, 6) is -1.29. The number of carboxylic acid groups (broad SMARTS) is 1. The van der Waals surface area contributed by atoms with Crippen LogP contribution in [-0.4, -0.2) is 54.7 Å². The Labute approximate surface area is 241 Å². The minimum atomic E-state index is -0.817. The number of aromatic amines is 1. The van der Waals surface area contributed by atoms with E-state index in [9.17, 15) is 14.4 Å². The summed E-state index contributed by atoms with van der Waals surface area (Å²) in [7, 11) is 0. The molecule has 2 aromatic heterocycles. The zero-order valence-corrected chi connectivity index (χ0v) is 23.0. The lowest BCUT2D eigenvalue weighted by Crippen LogP contribution is -2.38. The number of piperidine rings is 1. The molecule has 10 heteroatoms. The maximum Gasteiger partial charge on any atom is 0.357 e. The van der Waals surface area contributed by atoms with E-state index in [1.165, 1.54) is 0 Å². The number of hydrogen-bond acceptors (Lipinski definition) is 7. The first-order valence-electron chi connectivity index (χ1n) is 14.2. The number of aliphatic carboxylic acids is 1. The van der Waals surface area contributed by atoms with Gasteiger partial charge in [0, 0.05) is 31.1 Å². The van der Waals surface area contributed by atoms with E-state index in [4.69, 9.17) is 19.9 Å². The molecule has 0 saturated carbocycles. The number of hydrogen-bond donors (Lipinski definition) is 2. The smallest absolute Gasteiger partial charge is 0.357 e. The molecule has 1 aliphatic heterocycles. The fraction of sp³-hybridized carbons (Fsp3) is 0.281. The fourth-order valence-corrected chi connectivity index (χ4v) is 5.59. The van der Waals surface area contributed by atoms with E-state index in [2.05, 4.69) is 4.98 Å². The Morgan fingerprint density at radius 2 is 1.69 bits per heavy atom. The quantitative estimate of drug-likeness (QED) is 0.235. The van der Waals surface area contributed by atoms with Gasteiger partial charge in [-0.25, -0.2) is 19.6 Å². The van der Waals surface area contributed by atoms with Gasteiger partial charge in [0.05, 0.1) is 39.0 Å². The topological polar surface area (TPSA) is 130 Å². The van der Waals surface area contributed by atoms with Gasteiger partial charge in [0.2, 0.25) is 0 Å². The van der Waals surface area contributed by atoms with Gasteiger partial charge in [0.25, 0.3) is 0 Å². The van der Waals surface area contributed by atoms with E-state index < -0.39 is 11.9 Å². The number of para-hydroxylation sites is 2. The molecule has 0 unspecified atom stereocenters. The van der Waals surface area contributed by atoms with E-state index in [1.54, 1.807) is 27.8 Å². The van der Waals surface area contributed by atoms with Gasteiger partial charge in [-0.05, 0) is 62.4 Å². The number of hydroxylamine groups is 2. The lowest BCUT2D eigenvalue weighted by atomic mass is 10.0. The molecular weight excluding hydrogens is 534 g/mol. The second-order valence-electron chi connectivity index (χ2n) is 10.5. The molecule has 0 atom stereocenters. The highest BCUT2D eigenvalue weighted by Crippen LogP contribution is 2.27. The van der Waals surface area contributed by atoms with Crippen molar-refractivity contribution >= 4 is 34.0 Å². The maximum atomic E-state index is 13.1. The van der Waals surface area contributed by atoms with E-state index in [0.717, 1.165) is 28.0 Å². The van der Waals surface area contributed by atoms with Crippen molar-refractivity contribution in [2.45, 2.75) is 44.6 Å². The first-order valence-corrected chi connectivity index (χ1v) is 14.2. The van der Waals surface area contributed by atoms with Gasteiger partial charge in [-0.3, -0.25) is 9.36 Å². The lowest BCUT2D eigenvalue weighted by molar-refractivity contribution is -0.137. The molecule has 6 rings (SSSR count). The Hall–Kier alpha value is -4.83. The number of rotatable bonds is 9. The summed E-state index contributed by atoms with van der Waals surface area (Å²) in [5, 5.41) is 10.7. The van der Waals surface area contributed by atoms with Gasteiger partial charge in [0.15, 0.2) is 0 Å². The fourth-order valence-electron chi connectivity index (χ4n) is 5.59. The van der Waals surface area contributed by atoms with Crippen LogP contribution in [0.5, 0.6) is 0 Å². The molecule has 0 amide bonds. The number of carbonyl (C=O) groups excluding carboxylic acids is 1. The van der Waals surface area contributed by atoms with Gasteiger partial charge in [-0.2, -0.15) is 0 Å². The molecule has 10 nitrogen and oxygen atoms in total. The molecule has 214 valence electrons. The molecule has 0 radical (unpaired) electrons. The summed E-state index contributed by atoms with van der Waals surface area (Å²) in [5.41, 5.74) is 5.63. The van der Waals surface area contributed by atoms with Gasteiger partial charge in [0.1, 0.15) is 0 Å². The second kappa shape index (κ2) is 12.0. The summed E-state index contributed by atoms with van der Waals surface area (Å²) >= 11 is 0. The maximum absolute atomic E-state index is 13.1. The predicted octanol–water partition coefficient (Wildman–Crippen LogP) is 5.15. The Bertz CT molecular complexity index is 1810. The van der Waals surface area contributed by atoms with Crippen molar-refractivity contribution in [3.05, 3.63) is 94.5 Å². The molecule has 1 aliphatic rings. The Balaban J connectivity index is 1.17. The number of carbonyl (C=O) groups is 2. The summed E-state index contributed by atoms with van der Waals surface area (Å²) < 4.78 is 1.81. The van der Waals surface area contributed by atoms with Crippen molar-refractivity contribution in [2.24, 2.45) is 0 Å².